The molecule has 1 aliphatic heterocycles. The summed E-state index contributed by atoms with van der Waals surface area (Å²) in [7, 11) is 1.82. The summed E-state index contributed by atoms with van der Waals surface area (Å²) in [5.74, 6) is 0. The predicted octanol–water partition coefficient (Wildman–Crippen LogP) is 3.01. The highest BCUT2D eigenvalue weighted by Gasteiger charge is 2.23. The van der Waals surface area contributed by atoms with Crippen LogP contribution in [0.25, 0.3) is 0 Å². The Morgan fingerprint density at radius 1 is 1.10 bits per heavy atom. The van der Waals surface area contributed by atoms with Crippen LogP contribution in [-0.4, -0.2) is 55.7 Å². The second-order valence-electron chi connectivity index (χ2n) is 6.05. The number of piperazine rings is 1. The van der Waals surface area contributed by atoms with Gasteiger partial charge in [-0.3, -0.25) is 9.80 Å². The number of benzene rings is 1. The highest BCUT2D eigenvalue weighted by Crippen LogP contribution is 2.14. The fourth-order valence-electron chi connectivity index (χ4n) is 3.13. The van der Waals surface area contributed by atoms with Crippen molar-refractivity contribution in [2.24, 2.45) is 0 Å². The SMILES string of the molecule is CCCCC(COC)N1CCN(Cc2ccccc2)CC1. The summed E-state index contributed by atoms with van der Waals surface area (Å²) in [6, 6.07) is 11.4. The van der Waals surface area contributed by atoms with Crippen molar-refractivity contribution in [2.45, 2.75) is 38.8 Å². The average Bonchev–Trinajstić information content (AvgIpc) is 2.53. The van der Waals surface area contributed by atoms with Crippen molar-refractivity contribution in [3.05, 3.63) is 35.9 Å². The molecule has 3 nitrogen and oxygen atoms in total. The molecule has 0 aliphatic carbocycles. The first kappa shape index (κ1) is 16.5. The first-order valence-electron chi connectivity index (χ1n) is 8.32. The first-order valence-corrected chi connectivity index (χ1v) is 8.32. The van der Waals surface area contributed by atoms with Crippen LogP contribution in [0.3, 0.4) is 0 Å². The Balaban J connectivity index is 1.78. The van der Waals surface area contributed by atoms with Crippen molar-refractivity contribution in [3.8, 4) is 0 Å². The summed E-state index contributed by atoms with van der Waals surface area (Å²) in [5.41, 5.74) is 1.42. The van der Waals surface area contributed by atoms with Gasteiger partial charge in [0.25, 0.3) is 0 Å². The van der Waals surface area contributed by atoms with E-state index in [1.54, 1.807) is 0 Å². The highest BCUT2D eigenvalue weighted by molar-refractivity contribution is 5.14. The minimum Gasteiger partial charge on any atom is -0.383 e. The fraction of sp³-hybridized carbons (Fsp3) is 0.667. The van der Waals surface area contributed by atoms with E-state index in [9.17, 15) is 0 Å². The largest absolute Gasteiger partial charge is 0.383 e. The number of unbranched alkanes of at least 4 members (excludes halogenated alkanes) is 1. The smallest absolute Gasteiger partial charge is 0.0618 e. The molecule has 0 bridgehead atoms. The zero-order valence-electron chi connectivity index (χ0n) is 13.6. The maximum absolute atomic E-state index is 5.42. The number of rotatable bonds is 8. The minimum absolute atomic E-state index is 0.605. The summed E-state index contributed by atoms with van der Waals surface area (Å²) in [5, 5.41) is 0. The molecule has 118 valence electrons. The maximum Gasteiger partial charge on any atom is 0.0618 e. The van der Waals surface area contributed by atoms with Gasteiger partial charge in [0.1, 0.15) is 0 Å². The normalized spacial score (nSPS) is 18.8. The number of hydrogen-bond donors (Lipinski definition) is 0. The Hall–Kier alpha value is -0.900. The van der Waals surface area contributed by atoms with Gasteiger partial charge >= 0.3 is 0 Å². The van der Waals surface area contributed by atoms with Gasteiger partial charge in [-0.25, -0.2) is 0 Å². The third-order valence-electron chi connectivity index (χ3n) is 4.42. The highest BCUT2D eigenvalue weighted by atomic mass is 16.5. The lowest BCUT2D eigenvalue weighted by molar-refractivity contribution is 0.0428. The Kier molecular flexibility index (Phi) is 7.20. The molecule has 1 atom stereocenters. The van der Waals surface area contributed by atoms with Crippen molar-refractivity contribution in [1.29, 1.82) is 0 Å². The standard InChI is InChI=1S/C18H30N2O/c1-3-4-10-18(16-21-2)20-13-11-19(12-14-20)15-17-8-6-5-7-9-17/h5-9,18H,3-4,10-16H2,1-2H3. The molecule has 1 saturated heterocycles. The summed E-state index contributed by atoms with van der Waals surface area (Å²) in [6.07, 6.45) is 3.84. The number of nitrogens with zero attached hydrogens (tertiary/aromatic N) is 2. The lowest BCUT2D eigenvalue weighted by atomic mass is 10.1. The minimum atomic E-state index is 0.605. The van der Waals surface area contributed by atoms with Crippen molar-refractivity contribution in [2.75, 3.05) is 39.9 Å². The summed E-state index contributed by atoms with van der Waals surface area (Å²) in [4.78, 5) is 5.19. The van der Waals surface area contributed by atoms with Gasteiger partial charge in [0, 0.05) is 45.9 Å². The van der Waals surface area contributed by atoms with Crippen LogP contribution in [0, 0.1) is 0 Å². The van der Waals surface area contributed by atoms with E-state index in [1.165, 1.54) is 51.0 Å². The molecule has 0 spiro atoms. The Morgan fingerprint density at radius 2 is 1.81 bits per heavy atom. The second kappa shape index (κ2) is 9.19. The van der Waals surface area contributed by atoms with Crippen LogP contribution in [0.2, 0.25) is 0 Å². The molecule has 2 rings (SSSR count). The summed E-state index contributed by atoms with van der Waals surface area (Å²) < 4.78 is 5.42. The van der Waals surface area contributed by atoms with E-state index in [-0.39, 0.29) is 0 Å². The quantitative estimate of drug-likeness (QED) is 0.732. The molecule has 1 unspecified atom stereocenters. The van der Waals surface area contributed by atoms with Crippen LogP contribution in [0.5, 0.6) is 0 Å². The van der Waals surface area contributed by atoms with Crippen molar-refractivity contribution < 1.29 is 4.74 Å². The molecule has 1 heterocycles. The number of methoxy groups -OCH3 is 1. The van der Waals surface area contributed by atoms with Gasteiger partial charge in [0.15, 0.2) is 0 Å². The molecule has 3 heteroatoms. The van der Waals surface area contributed by atoms with Crippen LogP contribution in [0.1, 0.15) is 31.7 Å². The molecule has 1 aromatic carbocycles. The molecular formula is C18H30N2O. The molecule has 1 aliphatic rings. The Labute approximate surface area is 129 Å². The zero-order chi connectivity index (χ0) is 14.9. The van der Waals surface area contributed by atoms with Crippen molar-refractivity contribution >= 4 is 0 Å². The van der Waals surface area contributed by atoms with Crippen LogP contribution >= 0.6 is 0 Å². The molecule has 1 aromatic rings. The van der Waals surface area contributed by atoms with Gasteiger partial charge in [-0.2, -0.15) is 0 Å². The molecule has 0 saturated carbocycles. The molecular weight excluding hydrogens is 260 g/mol. The van der Waals surface area contributed by atoms with E-state index in [1.807, 2.05) is 7.11 Å². The predicted molar refractivity (Wildman–Crippen MR) is 88.5 cm³/mol. The topological polar surface area (TPSA) is 15.7 Å². The molecule has 1 fully saturated rings. The zero-order valence-corrected chi connectivity index (χ0v) is 13.6. The van der Waals surface area contributed by atoms with Gasteiger partial charge in [-0.05, 0) is 12.0 Å². The van der Waals surface area contributed by atoms with E-state index in [0.29, 0.717) is 6.04 Å². The van der Waals surface area contributed by atoms with Crippen molar-refractivity contribution in [3.63, 3.8) is 0 Å². The fourth-order valence-corrected chi connectivity index (χ4v) is 3.13. The van der Waals surface area contributed by atoms with Gasteiger partial charge < -0.3 is 4.74 Å². The van der Waals surface area contributed by atoms with Gasteiger partial charge in [-0.15, -0.1) is 0 Å². The lowest BCUT2D eigenvalue weighted by Gasteiger charge is -2.39. The molecule has 0 radical (unpaired) electrons. The monoisotopic (exact) mass is 290 g/mol. The Bertz CT molecular complexity index is 374. The average molecular weight is 290 g/mol. The third-order valence-corrected chi connectivity index (χ3v) is 4.42. The first-order chi connectivity index (χ1) is 10.3. The van der Waals surface area contributed by atoms with E-state index in [4.69, 9.17) is 4.74 Å². The summed E-state index contributed by atoms with van der Waals surface area (Å²) in [6.45, 7) is 8.90. The summed E-state index contributed by atoms with van der Waals surface area (Å²) >= 11 is 0. The van der Waals surface area contributed by atoms with Crippen molar-refractivity contribution in [1.82, 2.24) is 9.80 Å². The van der Waals surface area contributed by atoms with Crippen LogP contribution < -0.4 is 0 Å². The van der Waals surface area contributed by atoms with Gasteiger partial charge in [0.2, 0.25) is 0 Å². The molecule has 0 amide bonds. The van der Waals surface area contributed by atoms with Crippen LogP contribution in [-0.2, 0) is 11.3 Å². The molecule has 21 heavy (non-hydrogen) atoms. The van der Waals surface area contributed by atoms with Crippen LogP contribution in [0.4, 0.5) is 0 Å². The van der Waals surface area contributed by atoms with E-state index >= 15 is 0 Å². The van der Waals surface area contributed by atoms with Gasteiger partial charge in [-0.1, -0.05) is 50.1 Å². The van der Waals surface area contributed by atoms with E-state index < -0.39 is 0 Å². The molecule has 0 aromatic heterocycles. The van der Waals surface area contributed by atoms with Gasteiger partial charge in [0.05, 0.1) is 6.61 Å². The second-order valence-corrected chi connectivity index (χ2v) is 6.05. The van der Waals surface area contributed by atoms with Crippen LogP contribution in [0.15, 0.2) is 30.3 Å². The lowest BCUT2D eigenvalue weighted by Crippen LogP contribution is -2.51. The maximum atomic E-state index is 5.42. The number of ether oxygens (including phenoxy) is 1. The molecule has 0 N–H and O–H groups in total. The number of hydrogen-bond acceptors (Lipinski definition) is 3. The van der Waals surface area contributed by atoms with E-state index in [2.05, 4.69) is 47.1 Å². The van der Waals surface area contributed by atoms with E-state index in [0.717, 1.165) is 13.2 Å². The Morgan fingerprint density at radius 3 is 2.43 bits per heavy atom. The third kappa shape index (κ3) is 5.42.